The van der Waals surface area contributed by atoms with Crippen LogP contribution in [-0.4, -0.2) is 12.0 Å². The number of benzene rings is 2. The molecule has 0 fully saturated rings. The molecule has 0 aromatic heterocycles. The van der Waals surface area contributed by atoms with E-state index in [0.717, 1.165) is 11.1 Å². The molecule has 2 rings (SSSR count). The van der Waals surface area contributed by atoms with Crippen LogP contribution in [0, 0.1) is 0 Å². The number of nitrogens with two attached hydrogens (primary N) is 1. The van der Waals surface area contributed by atoms with E-state index in [2.05, 4.69) is 0 Å². The lowest BCUT2D eigenvalue weighted by Crippen LogP contribution is -2.30. The lowest BCUT2D eigenvalue weighted by Gasteiger charge is -2.13. The van der Waals surface area contributed by atoms with Crippen molar-refractivity contribution in [1.29, 1.82) is 0 Å². The molecule has 0 aliphatic carbocycles. The van der Waals surface area contributed by atoms with Gasteiger partial charge in [0.15, 0.2) is 6.10 Å². The molecule has 0 heterocycles. The predicted octanol–water partition coefficient (Wildman–Crippen LogP) is 3.26. The summed E-state index contributed by atoms with van der Waals surface area (Å²) in [4.78, 5) is 11.0. The van der Waals surface area contributed by atoms with E-state index in [4.69, 9.17) is 22.1 Å². The largest absolute Gasteiger partial charge is 0.479 e. The smallest absolute Gasteiger partial charge is 0.258 e. The van der Waals surface area contributed by atoms with Crippen LogP contribution in [0.5, 0.6) is 5.75 Å². The van der Waals surface area contributed by atoms with Crippen molar-refractivity contribution in [3.05, 3.63) is 53.6 Å². The average Bonchev–Trinajstić information content (AvgIpc) is 2.41. The quantitative estimate of drug-likeness (QED) is 0.931. The average molecular weight is 276 g/mol. The molecule has 4 heteroatoms. The van der Waals surface area contributed by atoms with Gasteiger partial charge in [0.25, 0.3) is 5.91 Å². The fourth-order valence-electron chi connectivity index (χ4n) is 1.66. The van der Waals surface area contributed by atoms with E-state index in [1.165, 1.54) is 0 Å². The van der Waals surface area contributed by atoms with Crippen LogP contribution >= 0.6 is 11.6 Å². The zero-order valence-corrected chi connectivity index (χ0v) is 11.2. The summed E-state index contributed by atoms with van der Waals surface area (Å²) in [6, 6.07) is 15.3. The molecule has 0 bridgehead atoms. The number of halogens is 1. The highest BCUT2D eigenvalue weighted by Crippen LogP contribution is 2.30. The summed E-state index contributed by atoms with van der Waals surface area (Å²) in [5.41, 5.74) is 7.21. The van der Waals surface area contributed by atoms with E-state index in [-0.39, 0.29) is 0 Å². The predicted molar refractivity (Wildman–Crippen MR) is 76.2 cm³/mol. The van der Waals surface area contributed by atoms with Crippen molar-refractivity contribution in [2.75, 3.05) is 0 Å². The molecule has 98 valence electrons. The fraction of sp³-hybridized carbons (Fsp3) is 0.133. The first-order valence-electron chi connectivity index (χ1n) is 5.89. The number of hydrogen-bond acceptors (Lipinski definition) is 2. The summed E-state index contributed by atoms with van der Waals surface area (Å²) in [7, 11) is 0. The maximum absolute atomic E-state index is 11.0. The van der Waals surface area contributed by atoms with E-state index in [0.29, 0.717) is 10.8 Å². The van der Waals surface area contributed by atoms with Gasteiger partial charge in [-0.1, -0.05) is 48.0 Å². The summed E-state index contributed by atoms with van der Waals surface area (Å²) in [6.45, 7) is 1.59. The van der Waals surface area contributed by atoms with E-state index in [1.54, 1.807) is 19.1 Å². The van der Waals surface area contributed by atoms with E-state index >= 15 is 0 Å². The van der Waals surface area contributed by atoms with Gasteiger partial charge in [0, 0.05) is 0 Å². The number of amides is 1. The van der Waals surface area contributed by atoms with E-state index in [1.807, 2.05) is 36.4 Å². The molecule has 0 saturated heterocycles. The van der Waals surface area contributed by atoms with Crippen LogP contribution in [-0.2, 0) is 4.79 Å². The second-order valence-corrected chi connectivity index (χ2v) is 4.58. The lowest BCUT2D eigenvalue weighted by atomic mass is 10.1. The minimum Gasteiger partial charge on any atom is -0.479 e. The molecule has 0 radical (unpaired) electrons. The zero-order valence-electron chi connectivity index (χ0n) is 10.5. The summed E-state index contributed by atoms with van der Waals surface area (Å²) in [5, 5.41) is 0.453. The Morgan fingerprint density at radius 1 is 1.16 bits per heavy atom. The van der Waals surface area contributed by atoms with Gasteiger partial charge in [0.2, 0.25) is 0 Å². The molecule has 2 aromatic rings. The van der Waals surface area contributed by atoms with Gasteiger partial charge in [0.05, 0.1) is 5.02 Å². The third-order valence-corrected chi connectivity index (χ3v) is 3.04. The molecule has 0 aliphatic heterocycles. The fourth-order valence-corrected chi connectivity index (χ4v) is 1.88. The molecule has 1 atom stereocenters. The first-order valence-corrected chi connectivity index (χ1v) is 6.26. The molecule has 19 heavy (non-hydrogen) atoms. The van der Waals surface area contributed by atoms with Crippen molar-refractivity contribution >= 4 is 17.5 Å². The highest BCUT2D eigenvalue weighted by Gasteiger charge is 2.12. The van der Waals surface area contributed by atoms with Crippen LogP contribution in [0.3, 0.4) is 0 Å². The molecular weight excluding hydrogens is 262 g/mol. The Morgan fingerprint density at radius 2 is 1.84 bits per heavy atom. The molecule has 0 spiro atoms. The maximum Gasteiger partial charge on any atom is 0.258 e. The van der Waals surface area contributed by atoms with Crippen LogP contribution < -0.4 is 10.5 Å². The van der Waals surface area contributed by atoms with Crippen molar-refractivity contribution in [2.45, 2.75) is 13.0 Å². The second-order valence-electron chi connectivity index (χ2n) is 4.17. The molecule has 2 aromatic carbocycles. The maximum atomic E-state index is 11.0. The Kier molecular flexibility index (Phi) is 4.07. The Bertz CT molecular complexity index is 584. The molecule has 2 N–H and O–H groups in total. The van der Waals surface area contributed by atoms with Gasteiger partial charge in [-0.3, -0.25) is 4.79 Å². The molecule has 3 nitrogen and oxygen atoms in total. The molecule has 1 amide bonds. The van der Waals surface area contributed by atoms with Crippen LogP contribution in [0.4, 0.5) is 0 Å². The molecule has 0 unspecified atom stereocenters. The number of carbonyl (C=O) groups is 1. The lowest BCUT2D eigenvalue weighted by molar-refractivity contribution is -0.123. The first kappa shape index (κ1) is 13.4. The summed E-state index contributed by atoms with van der Waals surface area (Å²) in [5.74, 6) is -0.0733. The van der Waals surface area contributed by atoms with Gasteiger partial charge in [-0.2, -0.15) is 0 Å². The third kappa shape index (κ3) is 3.26. The number of hydrogen-bond donors (Lipinski definition) is 1. The number of rotatable bonds is 4. The van der Waals surface area contributed by atoms with Gasteiger partial charge in [-0.15, -0.1) is 0 Å². The monoisotopic (exact) mass is 275 g/mol. The van der Waals surface area contributed by atoms with Gasteiger partial charge in [-0.05, 0) is 30.2 Å². The normalized spacial score (nSPS) is 11.9. The number of ether oxygens (including phenoxy) is 1. The summed E-state index contributed by atoms with van der Waals surface area (Å²) < 4.78 is 5.39. The van der Waals surface area contributed by atoms with Crippen molar-refractivity contribution in [3.63, 3.8) is 0 Å². The standard InChI is InChI=1S/C15H14ClNO2/c1-10(15(17)18)19-14-8-7-12(9-13(14)16)11-5-3-2-4-6-11/h2-10H,1H3,(H2,17,18)/t10-/m0/s1. The minimum atomic E-state index is -0.708. The first-order chi connectivity index (χ1) is 9.08. The molecule has 0 aliphatic rings. The Labute approximate surface area is 117 Å². The SMILES string of the molecule is C[C@H](Oc1ccc(-c2ccccc2)cc1Cl)C(N)=O. The Balaban J connectivity index is 2.25. The van der Waals surface area contributed by atoms with Crippen molar-refractivity contribution in [2.24, 2.45) is 5.73 Å². The third-order valence-electron chi connectivity index (χ3n) is 2.74. The highest BCUT2D eigenvalue weighted by atomic mass is 35.5. The second kappa shape index (κ2) is 5.76. The van der Waals surface area contributed by atoms with Crippen molar-refractivity contribution < 1.29 is 9.53 Å². The summed E-state index contributed by atoms with van der Waals surface area (Å²) >= 11 is 6.15. The molecule has 0 saturated carbocycles. The number of primary amides is 1. The van der Waals surface area contributed by atoms with Gasteiger partial charge < -0.3 is 10.5 Å². The van der Waals surface area contributed by atoms with Crippen LogP contribution in [0.1, 0.15) is 6.92 Å². The Hall–Kier alpha value is -2.00. The van der Waals surface area contributed by atoms with E-state index in [9.17, 15) is 4.79 Å². The zero-order chi connectivity index (χ0) is 13.8. The van der Waals surface area contributed by atoms with Crippen LogP contribution in [0.2, 0.25) is 5.02 Å². The Morgan fingerprint density at radius 3 is 2.42 bits per heavy atom. The van der Waals surface area contributed by atoms with E-state index < -0.39 is 12.0 Å². The van der Waals surface area contributed by atoms with Gasteiger partial charge in [-0.25, -0.2) is 0 Å². The topological polar surface area (TPSA) is 52.3 Å². The van der Waals surface area contributed by atoms with Crippen LogP contribution in [0.25, 0.3) is 11.1 Å². The summed E-state index contributed by atoms with van der Waals surface area (Å²) in [6.07, 6.45) is -0.708. The minimum absolute atomic E-state index is 0.452. The van der Waals surface area contributed by atoms with Gasteiger partial charge in [0.1, 0.15) is 5.75 Å². The highest BCUT2D eigenvalue weighted by molar-refractivity contribution is 6.32. The van der Waals surface area contributed by atoms with Gasteiger partial charge >= 0.3 is 0 Å². The van der Waals surface area contributed by atoms with Crippen LogP contribution in [0.15, 0.2) is 48.5 Å². The molecular formula is C15H14ClNO2. The number of carbonyl (C=O) groups excluding carboxylic acids is 1. The van der Waals surface area contributed by atoms with Crippen molar-refractivity contribution in [1.82, 2.24) is 0 Å². The van der Waals surface area contributed by atoms with Crippen molar-refractivity contribution in [3.8, 4) is 16.9 Å².